The molecule has 3 aliphatic rings. The van der Waals surface area contributed by atoms with Gasteiger partial charge >= 0.3 is 5.97 Å². The molecule has 0 spiro atoms. The molecule has 0 radical (unpaired) electrons. The van der Waals surface area contributed by atoms with Gasteiger partial charge in [0.15, 0.2) is 0 Å². The van der Waals surface area contributed by atoms with Gasteiger partial charge in [0.2, 0.25) is 0 Å². The van der Waals surface area contributed by atoms with E-state index in [0.717, 1.165) is 48.9 Å². The molecule has 192 valence electrons. The Bertz CT molecular complexity index is 505. The van der Waals surface area contributed by atoms with Gasteiger partial charge in [-0.05, 0) is 74.5 Å². The molecule has 0 saturated heterocycles. The number of unbranched alkanes of at least 4 members (excludes halogenated alkanes) is 4. The minimum Gasteiger partial charge on any atom is -0.462 e. The normalized spacial score (nSPS) is 33.0. The minimum atomic E-state index is 0.0253. The highest BCUT2D eigenvalue weighted by Crippen LogP contribution is 2.43. The van der Waals surface area contributed by atoms with Crippen LogP contribution in [0.15, 0.2) is 0 Å². The summed E-state index contributed by atoms with van der Waals surface area (Å²) in [4.78, 5) is 11.8. The lowest BCUT2D eigenvalue weighted by Crippen LogP contribution is -2.29. The smallest absolute Gasteiger partial charge is 0.306 e. The molecule has 2 nitrogen and oxygen atoms in total. The van der Waals surface area contributed by atoms with Crippen molar-refractivity contribution in [2.24, 2.45) is 29.6 Å². The van der Waals surface area contributed by atoms with Crippen molar-refractivity contribution in [1.29, 1.82) is 0 Å². The molecule has 0 N–H and O–H groups in total. The summed E-state index contributed by atoms with van der Waals surface area (Å²) in [6.45, 7) is 4.37. The molecule has 33 heavy (non-hydrogen) atoms. The van der Waals surface area contributed by atoms with Gasteiger partial charge in [-0.3, -0.25) is 4.79 Å². The van der Waals surface area contributed by atoms with Crippen molar-refractivity contribution >= 4 is 5.97 Å². The second-order valence-corrected chi connectivity index (χ2v) is 12.2. The SMILES string of the molecule is CCCCCCC[C@H]1CC[C@H](CC[C@H]2CC[C@H]([C@H]3CC[C@H](OC(=O)CCC)CC3)CC2)CC1. The lowest BCUT2D eigenvalue weighted by Gasteiger charge is -2.38. The fraction of sp³-hybridized carbons (Fsp3) is 0.968. The van der Waals surface area contributed by atoms with E-state index in [4.69, 9.17) is 4.74 Å². The highest BCUT2D eigenvalue weighted by molar-refractivity contribution is 5.69. The molecule has 3 fully saturated rings. The highest BCUT2D eigenvalue weighted by Gasteiger charge is 2.32. The largest absolute Gasteiger partial charge is 0.462 e. The van der Waals surface area contributed by atoms with E-state index in [9.17, 15) is 4.79 Å². The summed E-state index contributed by atoms with van der Waals surface area (Å²) >= 11 is 0. The zero-order valence-corrected chi connectivity index (χ0v) is 22.3. The minimum absolute atomic E-state index is 0.0253. The Morgan fingerprint density at radius 2 is 1.06 bits per heavy atom. The monoisotopic (exact) mass is 460 g/mol. The van der Waals surface area contributed by atoms with Gasteiger partial charge < -0.3 is 4.74 Å². The summed E-state index contributed by atoms with van der Waals surface area (Å²) in [7, 11) is 0. The van der Waals surface area contributed by atoms with Crippen LogP contribution in [0.2, 0.25) is 0 Å². The van der Waals surface area contributed by atoms with Gasteiger partial charge in [0.05, 0.1) is 0 Å². The van der Waals surface area contributed by atoms with Gasteiger partial charge in [-0.1, -0.05) is 104 Å². The standard InChI is InChI=1S/C31H56O2/c1-3-5-6-7-8-10-25-11-13-26(14-12-25)15-16-27-17-19-28(20-18-27)29-21-23-30(24-22-29)33-31(32)9-4-2/h25-30H,3-24H2,1-2H3/t25-,26-,27-,28-,29-,30-. The van der Waals surface area contributed by atoms with Crippen LogP contribution in [0.3, 0.4) is 0 Å². The molecule has 0 aromatic heterocycles. The van der Waals surface area contributed by atoms with E-state index in [0.29, 0.717) is 6.42 Å². The Balaban J connectivity index is 1.21. The van der Waals surface area contributed by atoms with E-state index in [1.807, 2.05) is 0 Å². The molecular formula is C31H56O2. The van der Waals surface area contributed by atoms with Crippen LogP contribution in [0.4, 0.5) is 0 Å². The summed E-state index contributed by atoms with van der Waals surface area (Å²) < 4.78 is 5.67. The molecule has 3 aliphatic carbocycles. The Kier molecular flexibility index (Phi) is 12.7. The number of carbonyl (C=O) groups is 1. The lowest BCUT2D eigenvalue weighted by molar-refractivity contribution is -0.151. The van der Waals surface area contributed by atoms with Crippen LogP contribution in [0.5, 0.6) is 0 Å². The summed E-state index contributed by atoms with van der Waals surface area (Å²) in [5.74, 6) is 5.01. The van der Waals surface area contributed by atoms with Crippen molar-refractivity contribution in [3.63, 3.8) is 0 Å². The number of rotatable bonds is 13. The average Bonchev–Trinajstić information content (AvgIpc) is 2.84. The summed E-state index contributed by atoms with van der Waals surface area (Å²) in [6, 6.07) is 0. The maximum atomic E-state index is 11.8. The fourth-order valence-electron chi connectivity index (χ4n) is 7.39. The first-order chi connectivity index (χ1) is 16.2. The number of hydrogen-bond acceptors (Lipinski definition) is 2. The zero-order chi connectivity index (χ0) is 23.3. The third-order valence-electron chi connectivity index (χ3n) is 9.69. The molecule has 3 rings (SSSR count). The molecular weight excluding hydrogens is 404 g/mol. The maximum absolute atomic E-state index is 11.8. The predicted octanol–water partition coefficient (Wildman–Crippen LogP) is 9.64. The predicted molar refractivity (Wildman–Crippen MR) is 140 cm³/mol. The van der Waals surface area contributed by atoms with Crippen LogP contribution >= 0.6 is 0 Å². The number of esters is 1. The second-order valence-electron chi connectivity index (χ2n) is 12.2. The van der Waals surface area contributed by atoms with Crippen LogP contribution in [-0.2, 0) is 9.53 Å². The van der Waals surface area contributed by atoms with E-state index in [-0.39, 0.29) is 12.1 Å². The van der Waals surface area contributed by atoms with Crippen molar-refractivity contribution in [2.75, 3.05) is 0 Å². The third kappa shape index (κ3) is 9.93. The second kappa shape index (κ2) is 15.5. The maximum Gasteiger partial charge on any atom is 0.306 e. The van der Waals surface area contributed by atoms with Gasteiger partial charge in [-0.2, -0.15) is 0 Å². The van der Waals surface area contributed by atoms with E-state index in [2.05, 4.69) is 13.8 Å². The van der Waals surface area contributed by atoms with Gasteiger partial charge in [0, 0.05) is 6.42 Å². The van der Waals surface area contributed by atoms with Crippen LogP contribution in [0.1, 0.15) is 155 Å². The van der Waals surface area contributed by atoms with Crippen molar-refractivity contribution in [3.8, 4) is 0 Å². The molecule has 0 atom stereocenters. The topological polar surface area (TPSA) is 26.3 Å². The van der Waals surface area contributed by atoms with Crippen molar-refractivity contribution in [3.05, 3.63) is 0 Å². The first-order valence-corrected chi connectivity index (χ1v) is 15.4. The summed E-state index contributed by atoms with van der Waals surface area (Å²) in [5, 5.41) is 0. The van der Waals surface area contributed by atoms with E-state index >= 15 is 0 Å². The molecule has 0 aliphatic heterocycles. The van der Waals surface area contributed by atoms with Gasteiger partial charge in [-0.25, -0.2) is 0 Å². The van der Waals surface area contributed by atoms with E-state index in [1.165, 1.54) is 116 Å². The molecule has 0 heterocycles. The van der Waals surface area contributed by atoms with Crippen LogP contribution in [0.25, 0.3) is 0 Å². The van der Waals surface area contributed by atoms with Crippen LogP contribution in [-0.4, -0.2) is 12.1 Å². The van der Waals surface area contributed by atoms with Crippen molar-refractivity contribution < 1.29 is 9.53 Å². The Hall–Kier alpha value is -0.530. The first kappa shape index (κ1) is 27.1. The van der Waals surface area contributed by atoms with Gasteiger partial charge in [0.1, 0.15) is 6.10 Å². The van der Waals surface area contributed by atoms with Crippen molar-refractivity contribution in [1.82, 2.24) is 0 Å². The molecule has 3 saturated carbocycles. The number of ether oxygens (including phenoxy) is 1. The summed E-state index contributed by atoms with van der Waals surface area (Å²) in [5.41, 5.74) is 0. The van der Waals surface area contributed by atoms with Gasteiger partial charge in [-0.15, -0.1) is 0 Å². The zero-order valence-electron chi connectivity index (χ0n) is 22.3. The Morgan fingerprint density at radius 3 is 1.61 bits per heavy atom. The van der Waals surface area contributed by atoms with Crippen molar-refractivity contribution in [2.45, 2.75) is 161 Å². The number of carbonyl (C=O) groups excluding carboxylic acids is 1. The van der Waals surface area contributed by atoms with Crippen LogP contribution in [0, 0.1) is 29.6 Å². The molecule has 0 aromatic rings. The Labute approximate surface area is 206 Å². The average molecular weight is 461 g/mol. The van der Waals surface area contributed by atoms with E-state index < -0.39 is 0 Å². The molecule has 2 heteroatoms. The molecule has 0 unspecified atom stereocenters. The quantitative estimate of drug-likeness (QED) is 0.202. The molecule has 0 amide bonds. The van der Waals surface area contributed by atoms with E-state index in [1.54, 1.807) is 0 Å². The third-order valence-corrected chi connectivity index (χ3v) is 9.69. The molecule has 0 aromatic carbocycles. The van der Waals surface area contributed by atoms with Crippen LogP contribution < -0.4 is 0 Å². The van der Waals surface area contributed by atoms with Gasteiger partial charge in [0.25, 0.3) is 0 Å². The Morgan fingerprint density at radius 1 is 0.576 bits per heavy atom. The fourth-order valence-corrected chi connectivity index (χ4v) is 7.39. The molecule has 0 bridgehead atoms. The first-order valence-electron chi connectivity index (χ1n) is 15.4. The lowest BCUT2D eigenvalue weighted by atomic mass is 9.69. The number of hydrogen-bond donors (Lipinski definition) is 0. The highest BCUT2D eigenvalue weighted by atomic mass is 16.5. The summed E-state index contributed by atoms with van der Waals surface area (Å²) in [6.07, 6.45) is 30.3.